The maximum Gasteiger partial charge on any atom is 0.162 e. The van der Waals surface area contributed by atoms with Gasteiger partial charge in [-0.1, -0.05) is 12.1 Å². The van der Waals surface area contributed by atoms with Crippen LogP contribution in [0.2, 0.25) is 0 Å². The normalized spacial score (nSPS) is 11.9. The van der Waals surface area contributed by atoms with E-state index in [2.05, 4.69) is 12.2 Å². The van der Waals surface area contributed by atoms with Crippen molar-refractivity contribution < 1.29 is 19.3 Å². The molecule has 0 amide bonds. The van der Waals surface area contributed by atoms with Gasteiger partial charge >= 0.3 is 0 Å². The lowest BCUT2D eigenvalue weighted by atomic mass is 10.0. The third-order valence-corrected chi connectivity index (χ3v) is 4.22. The zero-order valence-corrected chi connectivity index (χ0v) is 15.6. The highest BCUT2D eigenvalue weighted by Gasteiger charge is 2.15. The first-order valence-electron chi connectivity index (χ1n) is 8.41. The molecule has 136 valence electrons. The lowest BCUT2D eigenvalue weighted by Crippen LogP contribution is -2.19. The number of methoxy groups -OCH3 is 2. The number of hydrogen-bond donors (Lipinski definition) is 2. The fraction of sp³-hybridized carbons (Fsp3) is 0.400. The summed E-state index contributed by atoms with van der Waals surface area (Å²) in [6.45, 7) is 7.07. The predicted molar refractivity (Wildman–Crippen MR) is 98.8 cm³/mol. The fourth-order valence-corrected chi connectivity index (χ4v) is 2.82. The Balaban J connectivity index is 2.15. The number of nitrogens with one attached hydrogen (secondary N) is 1. The minimum absolute atomic E-state index is 0.0787. The van der Waals surface area contributed by atoms with Gasteiger partial charge in [-0.25, -0.2) is 0 Å². The van der Waals surface area contributed by atoms with Crippen molar-refractivity contribution in [3.8, 4) is 23.0 Å². The third kappa shape index (κ3) is 4.37. The van der Waals surface area contributed by atoms with Crippen LogP contribution >= 0.6 is 0 Å². The van der Waals surface area contributed by atoms with E-state index in [0.717, 1.165) is 22.4 Å². The summed E-state index contributed by atoms with van der Waals surface area (Å²) in [5, 5.41) is 13.7. The summed E-state index contributed by atoms with van der Waals surface area (Å²) in [6, 6.07) is 9.58. The van der Waals surface area contributed by atoms with E-state index in [-0.39, 0.29) is 11.8 Å². The van der Waals surface area contributed by atoms with Crippen LogP contribution in [0.1, 0.15) is 36.6 Å². The molecule has 0 unspecified atom stereocenters. The highest BCUT2D eigenvalue weighted by Crippen LogP contribution is 2.34. The number of aryl methyl sites for hydroxylation is 1. The van der Waals surface area contributed by atoms with Crippen LogP contribution in [0.15, 0.2) is 30.3 Å². The summed E-state index contributed by atoms with van der Waals surface area (Å²) in [6.07, 6.45) is 0. The molecule has 0 aliphatic carbocycles. The van der Waals surface area contributed by atoms with Crippen molar-refractivity contribution in [3.05, 3.63) is 47.0 Å². The summed E-state index contributed by atoms with van der Waals surface area (Å²) >= 11 is 0. The molecule has 0 spiro atoms. The van der Waals surface area contributed by atoms with E-state index < -0.39 is 0 Å². The average Bonchev–Trinajstić information content (AvgIpc) is 2.62. The molecule has 2 aromatic rings. The topological polar surface area (TPSA) is 60.0 Å². The van der Waals surface area contributed by atoms with E-state index in [1.165, 1.54) is 0 Å². The van der Waals surface area contributed by atoms with Gasteiger partial charge in [0.15, 0.2) is 23.0 Å². The zero-order chi connectivity index (χ0) is 18.4. The summed E-state index contributed by atoms with van der Waals surface area (Å²) in [7, 11) is 3.26. The SMILES string of the molecule is CCOc1cccc(CN[C@H](C)c2cc(OC)c(OC)cc2C)c1O. The molecule has 1 atom stereocenters. The summed E-state index contributed by atoms with van der Waals surface area (Å²) in [5.41, 5.74) is 3.04. The van der Waals surface area contributed by atoms with Crippen molar-refractivity contribution >= 4 is 0 Å². The van der Waals surface area contributed by atoms with Gasteiger partial charge in [0.2, 0.25) is 0 Å². The molecule has 2 N–H and O–H groups in total. The Morgan fingerprint density at radius 2 is 1.76 bits per heavy atom. The Morgan fingerprint density at radius 3 is 2.40 bits per heavy atom. The number of rotatable bonds is 8. The quantitative estimate of drug-likeness (QED) is 0.758. The van der Waals surface area contributed by atoms with Crippen LogP contribution in [0.25, 0.3) is 0 Å². The van der Waals surface area contributed by atoms with Gasteiger partial charge in [-0.05, 0) is 50.1 Å². The van der Waals surface area contributed by atoms with E-state index in [1.54, 1.807) is 20.3 Å². The first-order valence-corrected chi connectivity index (χ1v) is 8.41. The number of hydrogen-bond acceptors (Lipinski definition) is 5. The van der Waals surface area contributed by atoms with E-state index in [9.17, 15) is 5.11 Å². The number of ether oxygens (including phenoxy) is 3. The second-order valence-electron chi connectivity index (χ2n) is 5.86. The van der Waals surface area contributed by atoms with E-state index in [1.807, 2.05) is 38.1 Å². The van der Waals surface area contributed by atoms with Gasteiger partial charge in [-0.2, -0.15) is 0 Å². The molecular formula is C20H27NO4. The Morgan fingerprint density at radius 1 is 1.08 bits per heavy atom. The highest BCUT2D eigenvalue weighted by molar-refractivity contribution is 5.48. The van der Waals surface area contributed by atoms with E-state index in [4.69, 9.17) is 14.2 Å². The lowest BCUT2D eigenvalue weighted by Gasteiger charge is -2.20. The van der Waals surface area contributed by atoms with Crippen molar-refractivity contribution in [1.29, 1.82) is 0 Å². The van der Waals surface area contributed by atoms with Crippen LogP contribution in [-0.4, -0.2) is 25.9 Å². The highest BCUT2D eigenvalue weighted by atomic mass is 16.5. The molecule has 0 bridgehead atoms. The number of benzene rings is 2. The Bertz CT molecular complexity index is 715. The molecule has 5 heteroatoms. The second-order valence-corrected chi connectivity index (χ2v) is 5.86. The molecule has 0 radical (unpaired) electrons. The van der Waals surface area contributed by atoms with Crippen LogP contribution in [0.4, 0.5) is 0 Å². The molecule has 0 saturated heterocycles. The van der Waals surface area contributed by atoms with Crippen molar-refractivity contribution in [1.82, 2.24) is 5.32 Å². The maximum atomic E-state index is 10.3. The zero-order valence-electron chi connectivity index (χ0n) is 15.6. The minimum Gasteiger partial charge on any atom is -0.504 e. The Kier molecular flexibility index (Phi) is 6.53. The molecule has 0 saturated carbocycles. The Labute approximate surface area is 149 Å². The van der Waals surface area contributed by atoms with Gasteiger partial charge in [0.05, 0.1) is 20.8 Å². The molecule has 0 aliphatic rings. The molecular weight excluding hydrogens is 318 g/mol. The van der Waals surface area contributed by atoms with E-state index >= 15 is 0 Å². The molecule has 5 nitrogen and oxygen atoms in total. The molecule has 0 aliphatic heterocycles. The van der Waals surface area contributed by atoms with E-state index in [0.29, 0.717) is 24.7 Å². The van der Waals surface area contributed by atoms with Crippen LogP contribution in [0.3, 0.4) is 0 Å². The molecule has 0 fully saturated rings. The van der Waals surface area contributed by atoms with Crippen LogP contribution in [0.5, 0.6) is 23.0 Å². The molecule has 2 rings (SSSR count). The predicted octanol–water partition coefficient (Wildman–Crippen LogP) is 3.97. The maximum absolute atomic E-state index is 10.3. The van der Waals surface area contributed by atoms with Crippen LogP contribution in [0, 0.1) is 6.92 Å². The molecule has 0 aromatic heterocycles. The van der Waals surface area contributed by atoms with Gasteiger partial charge in [-0.3, -0.25) is 0 Å². The first kappa shape index (κ1) is 18.9. The fourth-order valence-electron chi connectivity index (χ4n) is 2.82. The number of phenolic OH excluding ortho intramolecular Hbond substituents is 1. The lowest BCUT2D eigenvalue weighted by molar-refractivity contribution is 0.316. The number of aromatic hydroxyl groups is 1. The summed E-state index contributed by atoms with van der Waals surface area (Å²) < 4.78 is 16.2. The largest absolute Gasteiger partial charge is 0.504 e. The third-order valence-electron chi connectivity index (χ3n) is 4.22. The molecule has 25 heavy (non-hydrogen) atoms. The minimum atomic E-state index is 0.0787. The smallest absolute Gasteiger partial charge is 0.162 e. The van der Waals surface area contributed by atoms with Gasteiger partial charge in [0.1, 0.15) is 0 Å². The monoisotopic (exact) mass is 345 g/mol. The van der Waals surface area contributed by atoms with Gasteiger partial charge in [0.25, 0.3) is 0 Å². The van der Waals surface area contributed by atoms with Gasteiger partial charge in [0, 0.05) is 18.2 Å². The summed E-state index contributed by atoms with van der Waals surface area (Å²) in [5.74, 6) is 2.13. The van der Waals surface area contributed by atoms with Crippen molar-refractivity contribution in [3.63, 3.8) is 0 Å². The van der Waals surface area contributed by atoms with Crippen molar-refractivity contribution in [2.24, 2.45) is 0 Å². The number of phenols is 1. The molecule has 0 heterocycles. The van der Waals surface area contributed by atoms with Crippen LogP contribution < -0.4 is 19.5 Å². The van der Waals surface area contributed by atoms with Crippen molar-refractivity contribution in [2.75, 3.05) is 20.8 Å². The standard InChI is InChI=1S/C20H27NO4/c1-6-25-17-9-7-8-15(20(17)22)12-21-14(3)16-11-19(24-5)18(23-4)10-13(16)2/h7-11,14,21-22H,6,12H2,1-5H3/t14-/m1/s1. The van der Waals surface area contributed by atoms with Gasteiger partial charge < -0.3 is 24.6 Å². The second kappa shape index (κ2) is 8.62. The van der Waals surface area contributed by atoms with Gasteiger partial charge in [-0.15, -0.1) is 0 Å². The van der Waals surface area contributed by atoms with Crippen molar-refractivity contribution in [2.45, 2.75) is 33.4 Å². The molecule has 2 aromatic carbocycles. The average molecular weight is 345 g/mol. The first-order chi connectivity index (χ1) is 12.0. The van der Waals surface area contributed by atoms with Crippen LogP contribution in [-0.2, 0) is 6.54 Å². The Hall–Kier alpha value is -2.40. The number of para-hydroxylation sites is 1. The summed E-state index contributed by atoms with van der Waals surface area (Å²) in [4.78, 5) is 0.